The highest BCUT2D eigenvalue weighted by Crippen LogP contribution is 2.30. The molecule has 0 spiro atoms. The molecule has 1 fully saturated rings. The summed E-state index contributed by atoms with van der Waals surface area (Å²) in [4.78, 5) is 33.9. The summed E-state index contributed by atoms with van der Waals surface area (Å²) in [6, 6.07) is 9.60. The molecule has 0 saturated carbocycles. The van der Waals surface area contributed by atoms with Crippen LogP contribution >= 0.6 is 0 Å². The molecule has 1 aliphatic rings. The second-order valence-corrected chi connectivity index (χ2v) is 7.76. The van der Waals surface area contributed by atoms with E-state index in [1.807, 2.05) is 0 Å². The largest absolute Gasteiger partial charge is 0.416 e. The van der Waals surface area contributed by atoms with Crippen molar-refractivity contribution in [3.63, 3.8) is 0 Å². The lowest BCUT2D eigenvalue weighted by Crippen LogP contribution is -2.27. The molecule has 1 aromatic heterocycles. The maximum Gasteiger partial charge on any atom is 0.416 e. The lowest BCUT2D eigenvalue weighted by Gasteiger charge is -2.16. The molecule has 3 aromatic rings. The molecule has 2 heterocycles. The number of nitrogens with one attached hydrogen (secondary N) is 2. The number of aromatic amines is 1. The number of carbonyl (C=O) groups is 1. The highest BCUT2D eigenvalue weighted by atomic mass is 19.4. The Morgan fingerprint density at radius 3 is 2.48 bits per heavy atom. The smallest absolute Gasteiger partial charge is 0.396 e. The molecular formula is C23H22F3N5O2. The molecule has 0 atom stereocenters. The summed E-state index contributed by atoms with van der Waals surface area (Å²) in [5.74, 6) is -0.102. The van der Waals surface area contributed by atoms with E-state index >= 15 is 0 Å². The van der Waals surface area contributed by atoms with Gasteiger partial charge >= 0.3 is 6.18 Å². The van der Waals surface area contributed by atoms with Crippen molar-refractivity contribution in [1.29, 1.82) is 0 Å². The van der Waals surface area contributed by atoms with Crippen LogP contribution in [-0.2, 0) is 6.18 Å². The van der Waals surface area contributed by atoms with Gasteiger partial charge < -0.3 is 20.9 Å². The van der Waals surface area contributed by atoms with Crippen LogP contribution in [0.4, 0.5) is 13.2 Å². The van der Waals surface area contributed by atoms with Gasteiger partial charge in [-0.15, -0.1) is 0 Å². The van der Waals surface area contributed by atoms with Crippen molar-refractivity contribution in [2.45, 2.75) is 19.0 Å². The van der Waals surface area contributed by atoms with Crippen molar-refractivity contribution < 1.29 is 18.0 Å². The van der Waals surface area contributed by atoms with Crippen molar-refractivity contribution in [3.8, 4) is 0 Å². The van der Waals surface area contributed by atoms with Crippen LogP contribution in [-0.4, -0.2) is 40.9 Å². The fourth-order valence-electron chi connectivity index (χ4n) is 3.88. The van der Waals surface area contributed by atoms with Gasteiger partial charge in [-0.2, -0.15) is 13.2 Å². The minimum Gasteiger partial charge on any atom is -0.396 e. The van der Waals surface area contributed by atoms with Crippen LogP contribution < -0.4 is 16.6 Å². The lowest BCUT2D eigenvalue weighted by atomic mass is 10.0. The number of halogens is 3. The van der Waals surface area contributed by atoms with Crippen LogP contribution in [0.2, 0.25) is 0 Å². The van der Waals surface area contributed by atoms with E-state index in [9.17, 15) is 22.8 Å². The molecule has 0 unspecified atom stereocenters. The highest BCUT2D eigenvalue weighted by Gasteiger charge is 2.31. The van der Waals surface area contributed by atoms with Gasteiger partial charge in [-0.25, -0.2) is 4.98 Å². The van der Waals surface area contributed by atoms with Crippen LogP contribution in [0.3, 0.4) is 0 Å². The third-order valence-electron chi connectivity index (χ3n) is 5.59. The average molecular weight is 457 g/mol. The summed E-state index contributed by atoms with van der Waals surface area (Å²) in [5, 5.41) is 2.83. The first kappa shape index (κ1) is 22.4. The topological polar surface area (TPSA) is 104 Å². The SMILES string of the molecule is CN/C(=C(/N)c1cccc(C(=O)N2CCCC2)c1)c1nc2cc(C(F)(F)F)ccc2[nH]c1=O. The Morgan fingerprint density at radius 1 is 1.12 bits per heavy atom. The number of alkyl halides is 3. The Hall–Kier alpha value is -3.82. The van der Waals surface area contributed by atoms with Crippen molar-refractivity contribution in [2.24, 2.45) is 5.73 Å². The number of benzene rings is 2. The zero-order valence-corrected chi connectivity index (χ0v) is 17.8. The normalized spacial score (nSPS) is 15.0. The Kier molecular flexibility index (Phi) is 5.84. The zero-order chi connectivity index (χ0) is 23.8. The van der Waals surface area contributed by atoms with Crippen LogP contribution in [0, 0.1) is 0 Å². The number of amides is 1. The second kappa shape index (κ2) is 8.61. The molecule has 7 nitrogen and oxygen atoms in total. The number of nitrogens with zero attached hydrogens (tertiary/aromatic N) is 2. The first-order valence-corrected chi connectivity index (χ1v) is 10.4. The standard InChI is InChI=1S/C23H22F3N5O2/c1-28-19(18(27)13-5-4-6-14(11-13)22(33)31-9-2-3-10-31)20-21(32)30-16-8-7-15(23(24,25)26)12-17(16)29-20/h4-8,11-12,28H,2-3,9-10,27H2,1H3,(H,30,32)/b19-18+. The third kappa shape index (κ3) is 4.41. The summed E-state index contributed by atoms with van der Waals surface area (Å²) in [6.07, 6.45) is -2.62. The van der Waals surface area contributed by atoms with E-state index in [1.54, 1.807) is 29.2 Å². The van der Waals surface area contributed by atoms with E-state index < -0.39 is 17.3 Å². The quantitative estimate of drug-likeness (QED) is 0.558. The van der Waals surface area contributed by atoms with Gasteiger partial charge in [0.1, 0.15) is 0 Å². The minimum absolute atomic E-state index is 0.0297. The van der Waals surface area contributed by atoms with Crippen LogP contribution in [0.5, 0.6) is 0 Å². The van der Waals surface area contributed by atoms with E-state index in [-0.39, 0.29) is 34.0 Å². The van der Waals surface area contributed by atoms with Crippen LogP contribution in [0.15, 0.2) is 47.3 Å². The van der Waals surface area contributed by atoms with Gasteiger partial charge in [0.15, 0.2) is 5.69 Å². The minimum atomic E-state index is -4.55. The fraction of sp³-hybridized carbons (Fsp3) is 0.261. The van der Waals surface area contributed by atoms with E-state index in [0.717, 1.165) is 31.0 Å². The van der Waals surface area contributed by atoms with E-state index in [1.165, 1.54) is 7.05 Å². The molecule has 172 valence electrons. The van der Waals surface area contributed by atoms with Gasteiger partial charge in [-0.1, -0.05) is 12.1 Å². The van der Waals surface area contributed by atoms with Gasteiger partial charge in [0.25, 0.3) is 11.5 Å². The number of nitrogens with two attached hydrogens (primary N) is 1. The monoisotopic (exact) mass is 457 g/mol. The van der Waals surface area contributed by atoms with Crippen molar-refractivity contribution in [2.75, 3.05) is 20.1 Å². The van der Waals surface area contributed by atoms with Crippen molar-refractivity contribution in [3.05, 3.63) is 75.2 Å². The Labute approximate surface area is 187 Å². The number of aromatic nitrogens is 2. The van der Waals surface area contributed by atoms with Gasteiger partial charge in [0, 0.05) is 31.3 Å². The predicted octanol–water partition coefficient (Wildman–Crippen LogP) is 3.18. The lowest BCUT2D eigenvalue weighted by molar-refractivity contribution is -0.137. The first-order chi connectivity index (χ1) is 15.7. The van der Waals surface area contributed by atoms with Gasteiger partial charge in [0.2, 0.25) is 0 Å². The van der Waals surface area contributed by atoms with E-state index in [4.69, 9.17) is 5.73 Å². The van der Waals surface area contributed by atoms with E-state index in [0.29, 0.717) is 24.2 Å². The number of likely N-dealkylation sites (tertiary alicyclic amines) is 1. The number of rotatable bonds is 4. The maximum absolute atomic E-state index is 13.1. The summed E-state index contributed by atoms with van der Waals surface area (Å²) in [5.41, 5.74) is 6.05. The molecule has 4 rings (SSSR count). The van der Waals surface area contributed by atoms with Gasteiger partial charge in [-0.3, -0.25) is 9.59 Å². The summed E-state index contributed by atoms with van der Waals surface area (Å²) < 4.78 is 39.3. The van der Waals surface area contributed by atoms with Crippen molar-refractivity contribution in [1.82, 2.24) is 20.2 Å². The molecule has 1 amide bonds. The number of fused-ring (bicyclic) bond motifs is 1. The molecule has 2 aromatic carbocycles. The molecule has 0 radical (unpaired) electrons. The predicted molar refractivity (Wildman–Crippen MR) is 119 cm³/mol. The van der Waals surface area contributed by atoms with Gasteiger partial charge in [-0.05, 0) is 43.2 Å². The van der Waals surface area contributed by atoms with Crippen molar-refractivity contribution >= 4 is 28.3 Å². The highest BCUT2D eigenvalue weighted by molar-refractivity contribution is 5.96. The number of H-pyrrole nitrogens is 1. The third-order valence-corrected chi connectivity index (χ3v) is 5.59. The average Bonchev–Trinajstić information content (AvgIpc) is 3.33. The van der Waals surface area contributed by atoms with E-state index in [2.05, 4.69) is 15.3 Å². The molecule has 0 aliphatic carbocycles. The summed E-state index contributed by atoms with van der Waals surface area (Å²) >= 11 is 0. The van der Waals surface area contributed by atoms with Gasteiger partial charge in [0.05, 0.1) is 28.0 Å². The number of hydrogen-bond acceptors (Lipinski definition) is 5. The molecule has 4 N–H and O–H groups in total. The molecule has 1 saturated heterocycles. The summed E-state index contributed by atoms with van der Waals surface area (Å²) in [7, 11) is 1.53. The molecule has 10 heteroatoms. The zero-order valence-electron chi connectivity index (χ0n) is 17.8. The Bertz CT molecular complexity index is 1310. The Balaban J connectivity index is 1.79. The number of hydrogen-bond donors (Lipinski definition) is 3. The second-order valence-electron chi connectivity index (χ2n) is 7.76. The molecule has 1 aliphatic heterocycles. The maximum atomic E-state index is 13.1. The first-order valence-electron chi connectivity index (χ1n) is 10.4. The molecule has 33 heavy (non-hydrogen) atoms. The Morgan fingerprint density at radius 2 is 1.82 bits per heavy atom. The molecule has 0 bridgehead atoms. The molecular weight excluding hydrogens is 435 g/mol. The number of carbonyl (C=O) groups excluding carboxylic acids is 1. The summed E-state index contributed by atoms with van der Waals surface area (Å²) in [6.45, 7) is 1.40. The van der Waals surface area contributed by atoms with Crippen LogP contribution in [0.25, 0.3) is 22.4 Å². The fourth-order valence-corrected chi connectivity index (χ4v) is 3.88. The van der Waals surface area contributed by atoms with Crippen LogP contribution in [0.1, 0.15) is 40.0 Å².